The Labute approximate surface area is 187 Å². The van der Waals surface area contributed by atoms with Crippen molar-refractivity contribution in [1.82, 2.24) is 0 Å². The van der Waals surface area contributed by atoms with Crippen LogP contribution in [0.1, 0.15) is 55.2 Å². The summed E-state index contributed by atoms with van der Waals surface area (Å²) in [5.41, 5.74) is 4.34. The van der Waals surface area contributed by atoms with Crippen molar-refractivity contribution in [2.24, 2.45) is 5.92 Å². The Morgan fingerprint density at radius 3 is 2.26 bits per heavy atom. The summed E-state index contributed by atoms with van der Waals surface area (Å²) in [6.45, 7) is 6.59. The first kappa shape index (κ1) is 21.4. The maximum atomic E-state index is 5.76. The van der Waals surface area contributed by atoms with Crippen molar-refractivity contribution in [3.8, 4) is 5.75 Å². The first-order chi connectivity index (χ1) is 15.2. The monoisotopic (exact) mass is 410 g/mol. The molecule has 0 saturated heterocycles. The smallest absolute Gasteiger partial charge is 0.120 e. The lowest BCUT2D eigenvalue weighted by molar-refractivity contribution is 0.363. The normalized spacial score (nSPS) is 19.0. The van der Waals surface area contributed by atoms with E-state index in [9.17, 15) is 0 Å². The molecule has 0 radical (unpaired) electrons. The van der Waals surface area contributed by atoms with Gasteiger partial charge in [-0.05, 0) is 96.9 Å². The molecule has 1 aliphatic carbocycles. The highest BCUT2D eigenvalue weighted by Crippen LogP contribution is 2.36. The van der Waals surface area contributed by atoms with Gasteiger partial charge in [-0.25, -0.2) is 0 Å². The number of fused-ring (bicyclic) bond motifs is 1. The minimum Gasteiger partial charge on any atom is -0.490 e. The zero-order valence-corrected chi connectivity index (χ0v) is 18.7. The molecular formula is C30H34O. The molecule has 0 amide bonds. The zero-order valence-electron chi connectivity index (χ0n) is 18.7. The second-order valence-corrected chi connectivity index (χ2v) is 8.81. The third-order valence-corrected chi connectivity index (χ3v) is 6.72. The Kier molecular flexibility index (Phi) is 7.25. The second-order valence-electron chi connectivity index (χ2n) is 8.81. The molecule has 0 aliphatic heterocycles. The van der Waals surface area contributed by atoms with Gasteiger partial charge in [0.1, 0.15) is 12.4 Å². The molecule has 3 aromatic carbocycles. The lowest BCUT2D eigenvalue weighted by atomic mass is 9.78. The average Bonchev–Trinajstić information content (AvgIpc) is 2.83. The van der Waals surface area contributed by atoms with E-state index in [1.165, 1.54) is 53.1 Å². The largest absolute Gasteiger partial charge is 0.490 e. The molecule has 1 aliphatic rings. The molecule has 160 valence electrons. The van der Waals surface area contributed by atoms with Crippen LogP contribution >= 0.6 is 0 Å². The fourth-order valence-electron chi connectivity index (χ4n) is 4.69. The molecular weight excluding hydrogens is 376 g/mol. The van der Waals surface area contributed by atoms with Crippen molar-refractivity contribution in [3.63, 3.8) is 0 Å². The Balaban J connectivity index is 1.34. The van der Waals surface area contributed by atoms with E-state index >= 15 is 0 Å². The Bertz CT molecular complexity index is 1020. The molecule has 0 aromatic heterocycles. The molecule has 0 heterocycles. The van der Waals surface area contributed by atoms with Crippen molar-refractivity contribution in [2.75, 3.05) is 6.61 Å². The fourth-order valence-corrected chi connectivity index (χ4v) is 4.69. The molecule has 1 heteroatoms. The summed E-state index contributed by atoms with van der Waals surface area (Å²) in [6, 6.07) is 22.6. The quantitative estimate of drug-likeness (QED) is 0.341. The number of hydrogen-bond acceptors (Lipinski definition) is 1. The van der Waals surface area contributed by atoms with Gasteiger partial charge < -0.3 is 4.74 Å². The number of aryl methyl sites for hydroxylation is 2. The molecule has 0 spiro atoms. The summed E-state index contributed by atoms with van der Waals surface area (Å²) in [6.07, 6.45) is 13.5. The molecule has 3 aromatic rings. The number of allylic oxidation sites excluding steroid dienone is 2. The number of benzene rings is 3. The van der Waals surface area contributed by atoms with Crippen LogP contribution < -0.4 is 4.74 Å². The molecule has 0 bridgehead atoms. The van der Waals surface area contributed by atoms with Crippen LogP contribution in [-0.2, 0) is 12.8 Å². The Morgan fingerprint density at radius 1 is 0.839 bits per heavy atom. The van der Waals surface area contributed by atoms with Gasteiger partial charge in [0.2, 0.25) is 0 Å². The van der Waals surface area contributed by atoms with Gasteiger partial charge in [-0.1, -0.05) is 66.8 Å². The third-order valence-electron chi connectivity index (χ3n) is 6.72. The number of rotatable bonds is 8. The van der Waals surface area contributed by atoms with E-state index in [2.05, 4.69) is 73.3 Å². The van der Waals surface area contributed by atoms with E-state index in [0.717, 1.165) is 30.4 Å². The van der Waals surface area contributed by atoms with E-state index in [4.69, 9.17) is 4.74 Å². The summed E-state index contributed by atoms with van der Waals surface area (Å²) in [5, 5.41) is 2.51. The standard InChI is InChI=1S/C30H34O/c1-3-5-20-31-30-19-18-28-21-25(12-17-29(28)22-30)7-6-24-10-15-27(16-11-24)26-13-8-23(4-2)9-14-26/h3-5,10-12,15-19,21-23,26H,2,6-9,13-14,20H2,1H3. The fraction of sp³-hybridized carbons (Fsp3) is 0.333. The van der Waals surface area contributed by atoms with Crippen molar-refractivity contribution < 1.29 is 4.74 Å². The van der Waals surface area contributed by atoms with Crippen LogP contribution in [0.5, 0.6) is 5.75 Å². The van der Waals surface area contributed by atoms with Crippen molar-refractivity contribution >= 4 is 10.8 Å². The summed E-state index contributed by atoms with van der Waals surface area (Å²) in [5.74, 6) is 2.39. The van der Waals surface area contributed by atoms with Gasteiger partial charge in [0.05, 0.1) is 0 Å². The van der Waals surface area contributed by atoms with Crippen molar-refractivity contribution in [1.29, 1.82) is 0 Å². The van der Waals surface area contributed by atoms with Gasteiger partial charge in [-0.2, -0.15) is 0 Å². The van der Waals surface area contributed by atoms with Crippen LogP contribution in [0.3, 0.4) is 0 Å². The minimum atomic E-state index is 0.620. The highest BCUT2D eigenvalue weighted by molar-refractivity contribution is 5.84. The van der Waals surface area contributed by atoms with Crippen LogP contribution in [0.4, 0.5) is 0 Å². The molecule has 0 N–H and O–H groups in total. The first-order valence-corrected chi connectivity index (χ1v) is 11.7. The van der Waals surface area contributed by atoms with Crippen molar-refractivity contribution in [2.45, 2.75) is 51.4 Å². The van der Waals surface area contributed by atoms with E-state index in [-0.39, 0.29) is 0 Å². The molecule has 4 rings (SSSR count). The minimum absolute atomic E-state index is 0.620. The highest BCUT2D eigenvalue weighted by Gasteiger charge is 2.20. The average molecular weight is 411 g/mol. The SMILES string of the molecule is C=CC1CCC(c2ccc(CCc3ccc4cc(OCC=CC)ccc4c3)cc2)CC1. The van der Waals surface area contributed by atoms with Crippen molar-refractivity contribution in [3.05, 3.63) is 102 Å². The first-order valence-electron chi connectivity index (χ1n) is 11.7. The highest BCUT2D eigenvalue weighted by atomic mass is 16.5. The molecule has 0 atom stereocenters. The number of hydrogen-bond donors (Lipinski definition) is 0. The van der Waals surface area contributed by atoms with E-state index in [1.54, 1.807) is 0 Å². The molecule has 1 saturated carbocycles. The lowest BCUT2D eigenvalue weighted by Gasteiger charge is -2.27. The van der Waals surface area contributed by atoms with Crippen LogP contribution in [0, 0.1) is 5.92 Å². The van der Waals surface area contributed by atoms with E-state index < -0.39 is 0 Å². The Hall–Kier alpha value is -2.80. The summed E-state index contributed by atoms with van der Waals surface area (Å²) >= 11 is 0. The maximum absolute atomic E-state index is 5.76. The third kappa shape index (κ3) is 5.67. The van der Waals surface area contributed by atoms with E-state index in [0.29, 0.717) is 6.61 Å². The summed E-state index contributed by atoms with van der Waals surface area (Å²) in [4.78, 5) is 0. The van der Waals surface area contributed by atoms with Gasteiger partial charge in [0.15, 0.2) is 0 Å². The number of ether oxygens (including phenoxy) is 1. The van der Waals surface area contributed by atoms with Crippen LogP contribution in [-0.4, -0.2) is 6.61 Å². The van der Waals surface area contributed by atoms with Gasteiger partial charge in [-0.15, -0.1) is 6.58 Å². The maximum Gasteiger partial charge on any atom is 0.120 e. The van der Waals surface area contributed by atoms with Gasteiger partial charge in [0.25, 0.3) is 0 Å². The topological polar surface area (TPSA) is 9.23 Å². The predicted octanol–water partition coefficient (Wildman–Crippen LogP) is 8.04. The van der Waals surface area contributed by atoms with Crippen LogP contribution in [0.2, 0.25) is 0 Å². The predicted molar refractivity (Wildman–Crippen MR) is 133 cm³/mol. The van der Waals surface area contributed by atoms with Gasteiger partial charge >= 0.3 is 0 Å². The van der Waals surface area contributed by atoms with Gasteiger partial charge in [0, 0.05) is 0 Å². The van der Waals surface area contributed by atoms with Crippen LogP contribution in [0.25, 0.3) is 10.8 Å². The van der Waals surface area contributed by atoms with Crippen LogP contribution in [0.15, 0.2) is 85.5 Å². The van der Waals surface area contributed by atoms with E-state index in [1.807, 2.05) is 19.1 Å². The lowest BCUT2D eigenvalue weighted by Crippen LogP contribution is -2.11. The summed E-state index contributed by atoms with van der Waals surface area (Å²) in [7, 11) is 0. The molecule has 0 unspecified atom stereocenters. The molecule has 31 heavy (non-hydrogen) atoms. The molecule has 1 fully saturated rings. The molecule has 1 nitrogen and oxygen atoms in total. The Morgan fingerprint density at radius 2 is 1.52 bits per heavy atom. The van der Waals surface area contributed by atoms with Gasteiger partial charge in [-0.3, -0.25) is 0 Å². The zero-order chi connectivity index (χ0) is 21.5. The summed E-state index contributed by atoms with van der Waals surface area (Å²) < 4.78 is 5.76. The second kappa shape index (κ2) is 10.5.